The highest BCUT2D eigenvalue weighted by molar-refractivity contribution is 7.92. The van der Waals surface area contributed by atoms with E-state index in [9.17, 15) is 18.3 Å². The molecule has 0 bridgehead atoms. The van der Waals surface area contributed by atoms with Gasteiger partial charge in [-0.05, 0) is 49.6 Å². The van der Waals surface area contributed by atoms with Crippen molar-refractivity contribution in [1.29, 1.82) is 0 Å². The summed E-state index contributed by atoms with van der Waals surface area (Å²) in [6.45, 7) is 11.6. The molecular formula is C32H34F2N6O4S. The molecule has 13 heteroatoms. The Kier molecular flexibility index (Phi) is 7.44. The number of piperazine rings is 1. The van der Waals surface area contributed by atoms with Crippen molar-refractivity contribution in [3.05, 3.63) is 81.8 Å². The number of phenols is 1. The molecule has 10 nitrogen and oxygen atoms in total. The molecule has 3 aromatic heterocycles. The van der Waals surface area contributed by atoms with E-state index in [0.29, 0.717) is 29.3 Å². The lowest BCUT2D eigenvalue weighted by molar-refractivity contribution is 0.267. The third-order valence-electron chi connectivity index (χ3n) is 8.68. The summed E-state index contributed by atoms with van der Waals surface area (Å²) in [6, 6.07) is 5.76. The van der Waals surface area contributed by atoms with Gasteiger partial charge in [0.25, 0.3) is 5.56 Å². The molecule has 2 aliphatic heterocycles. The number of rotatable bonds is 5. The number of hydrogen-bond acceptors (Lipinski definition) is 8. The van der Waals surface area contributed by atoms with Gasteiger partial charge >= 0.3 is 0 Å². The molecule has 5 heterocycles. The second-order valence-corrected chi connectivity index (χ2v) is 13.8. The molecule has 2 aliphatic rings. The van der Waals surface area contributed by atoms with Crippen molar-refractivity contribution in [3.63, 3.8) is 0 Å². The van der Waals surface area contributed by atoms with E-state index in [4.69, 9.17) is 0 Å². The summed E-state index contributed by atoms with van der Waals surface area (Å²) in [7, 11) is -1.99. The average Bonchev–Trinajstić information content (AvgIpc) is 2.97. The molecule has 1 saturated heterocycles. The van der Waals surface area contributed by atoms with Crippen LogP contribution < -0.4 is 15.4 Å². The van der Waals surface area contributed by atoms with Crippen molar-refractivity contribution in [1.82, 2.24) is 18.8 Å². The van der Waals surface area contributed by atoms with Crippen LogP contribution in [0.15, 0.2) is 53.3 Å². The first kappa shape index (κ1) is 30.7. The molecule has 1 aromatic carbocycles. The highest BCUT2D eigenvalue weighted by Crippen LogP contribution is 2.43. The smallest absolute Gasteiger partial charge is 0.282 e. The van der Waals surface area contributed by atoms with Crippen LogP contribution in [0.4, 0.5) is 20.2 Å². The molecule has 45 heavy (non-hydrogen) atoms. The van der Waals surface area contributed by atoms with Gasteiger partial charge in [0.05, 0.1) is 28.7 Å². The molecule has 4 aromatic rings. The van der Waals surface area contributed by atoms with E-state index >= 15 is 8.78 Å². The number of hydrogen-bond donors (Lipinski definition) is 1. The number of phenolic OH excluding ortho intramolecular Hbond substituents is 1. The quantitative estimate of drug-likeness (QED) is 0.337. The van der Waals surface area contributed by atoms with E-state index in [0.717, 1.165) is 17.0 Å². The van der Waals surface area contributed by atoms with Crippen molar-refractivity contribution < 1.29 is 22.3 Å². The van der Waals surface area contributed by atoms with Crippen molar-refractivity contribution in [3.8, 4) is 22.7 Å². The predicted molar refractivity (Wildman–Crippen MR) is 171 cm³/mol. The first-order valence-electron chi connectivity index (χ1n) is 14.6. The standard InChI is InChI=1S/C32H34F2N6O4S/c1-7-45(43,44)39-16-20-15-37(6)30-29(38(20)14-19(39)5)21-13-23(34)27(25-22(33)9-8-10-24(25)41)36-31(21)40(32(30)42)28-18(4)11-12-35-26(28)17(2)3/h7-13,17,19-20,41H,1,14-16H2,2-6H3. The Hall–Kier alpha value is -4.36. The zero-order valence-corrected chi connectivity index (χ0v) is 26.4. The van der Waals surface area contributed by atoms with Gasteiger partial charge in [0.15, 0.2) is 11.5 Å². The van der Waals surface area contributed by atoms with E-state index in [1.54, 1.807) is 31.1 Å². The molecule has 1 N–H and O–H groups in total. The maximum Gasteiger partial charge on any atom is 0.282 e. The summed E-state index contributed by atoms with van der Waals surface area (Å²) in [6.07, 6.45) is 1.66. The lowest BCUT2D eigenvalue weighted by atomic mass is 9.99. The number of likely N-dealkylation sites (N-methyl/N-ethyl adjacent to an activating group) is 1. The van der Waals surface area contributed by atoms with Gasteiger partial charge in [0.2, 0.25) is 10.0 Å². The van der Waals surface area contributed by atoms with Crippen molar-refractivity contribution in [2.75, 3.05) is 36.5 Å². The Balaban J connectivity index is 1.73. The van der Waals surface area contributed by atoms with Gasteiger partial charge < -0.3 is 14.9 Å². The summed E-state index contributed by atoms with van der Waals surface area (Å²) < 4.78 is 59.7. The number of benzene rings is 1. The van der Waals surface area contributed by atoms with Crippen LogP contribution >= 0.6 is 0 Å². The Morgan fingerprint density at radius 3 is 2.49 bits per heavy atom. The van der Waals surface area contributed by atoms with E-state index < -0.39 is 50.3 Å². The van der Waals surface area contributed by atoms with E-state index in [1.165, 1.54) is 27.1 Å². The van der Waals surface area contributed by atoms with E-state index in [2.05, 4.69) is 16.5 Å². The van der Waals surface area contributed by atoms with Crippen molar-refractivity contribution in [2.24, 2.45) is 0 Å². The van der Waals surface area contributed by atoms with Gasteiger partial charge in [-0.25, -0.2) is 22.2 Å². The van der Waals surface area contributed by atoms with Gasteiger partial charge in [0, 0.05) is 49.7 Å². The minimum absolute atomic E-state index is 0.0543. The minimum atomic E-state index is -3.73. The van der Waals surface area contributed by atoms with Crippen LogP contribution in [0.1, 0.15) is 37.9 Å². The highest BCUT2D eigenvalue weighted by Gasteiger charge is 2.43. The van der Waals surface area contributed by atoms with Crippen LogP contribution in [0.2, 0.25) is 0 Å². The first-order chi connectivity index (χ1) is 21.3. The van der Waals surface area contributed by atoms with Crippen LogP contribution in [0, 0.1) is 18.6 Å². The molecule has 0 saturated carbocycles. The number of anilines is 2. The molecule has 2 unspecified atom stereocenters. The lowest BCUT2D eigenvalue weighted by Crippen LogP contribution is -2.63. The highest BCUT2D eigenvalue weighted by atomic mass is 32.2. The summed E-state index contributed by atoms with van der Waals surface area (Å²) in [5.41, 5.74) is 1.29. The molecule has 2 atom stereocenters. The molecule has 0 radical (unpaired) electrons. The Bertz CT molecular complexity index is 2030. The molecule has 0 aliphatic carbocycles. The molecule has 6 rings (SSSR count). The zero-order valence-electron chi connectivity index (χ0n) is 25.6. The molecule has 1 fully saturated rings. The monoisotopic (exact) mass is 636 g/mol. The van der Waals surface area contributed by atoms with Gasteiger partial charge in [-0.1, -0.05) is 26.5 Å². The fourth-order valence-electron chi connectivity index (χ4n) is 6.60. The van der Waals surface area contributed by atoms with E-state index in [1.807, 2.05) is 25.7 Å². The number of pyridine rings is 3. The maximum absolute atomic E-state index is 16.1. The average molecular weight is 637 g/mol. The lowest BCUT2D eigenvalue weighted by Gasteiger charge is -2.50. The molecular weight excluding hydrogens is 602 g/mol. The fraction of sp³-hybridized carbons (Fsp3) is 0.344. The van der Waals surface area contributed by atoms with Crippen LogP contribution in [0.3, 0.4) is 0 Å². The van der Waals surface area contributed by atoms with Crippen molar-refractivity contribution >= 4 is 32.4 Å². The van der Waals surface area contributed by atoms with Gasteiger partial charge in [0.1, 0.15) is 22.9 Å². The molecule has 0 amide bonds. The Morgan fingerprint density at radius 2 is 1.82 bits per heavy atom. The number of aromatic nitrogens is 3. The zero-order chi connectivity index (χ0) is 32.5. The topological polar surface area (TPSA) is 112 Å². The Labute approximate surface area is 259 Å². The third kappa shape index (κ3) is 4.76. The number of aryl methyl sites for hydroxylation is 1. The number of sulfonamides is 1. The second kappa shape index (κ2) is 10.9. The van der Waals surface area contributed by atoms with Gasteiger partial charge in [-0.15, -0.1) is 0 Å². The molecule has 0 spiro atoms. The summed E-state index contributed by atoms with van der Waals surface area (Å²) in [5.74, 6) is -2.37. The Morgan fingerprint density at radius 1 is 1.09 bits per heavy atom. The minimum Gasteiger partial charge on any atom is -0.507 e. The van der Waals surface area contributed by atoms with Gasteiger partial charge in [-0.2, -0.15) is 4.31 Å². The number of aromatic hydroxyl groups is 1. The van der Waals surface area contributed by atoms with Gasteiger partial charge in [-0.3, -0.25) is 14.3 Å². The third-order valence-corrected chi connectivity index (χ3v) is 10.3. The van der Waals surface area contributed by atoms with Crippen LogP contribution in [-0.4, -0.2) is 71.1 Å². The SMILES string of the molecule is C=CS(=O)(=O)N1CC2CN(C)c3c(c4cc(F)c(-c5c(O)cccc5F)nc4n(-c4c(C)ccnc4C(C)C)c3=O)N2CC1C. The number of fused-ring (bicyclic) bond motifs is 5. The second-order valence-electron chi connectivity index (χ2n) is 12.0. The summed E-state index contributed by atoms with van der Waals surface area (Å²) >= 11 is 0. The van der Waals surface area contributed by atoms with Crippen molar-refractivity contribution in [2.45, 2.75) is 45.7 Å². The maximum atomic E-state index is 16.1. The summed E-state index contributed by atoms with van der Waals surface area (Å²) in [4.78, 5) is 27.6. The predicted octanol–water partition coefficient (Wildman–Crippen LogP) is 4.67. The van der Waals surface area contributed by atoms with Crippen LogP contribution in [-0.2, 0) is 10.0 Å². The normalized spacial score (nSPS) is 18.8. The van der Waals surface area contributed by atoms with E-state index in [-0.39, 0.29) is 36.1 Å². The molecule has 236 valence electrons. The summed E-state index contributed by atoms with van der Waals surface area (Å²) in [5, 5.41) is 11.8. The largest absolute Gasteiger partial charge is 0.507 e. The van der Waals surface area contributed by atoms with Crippen LogP contribution in [0.25, 0.3) is 28.0 Å². The first-order valence-corrected chi connectivity index (χ1v) is 16.1. The number of nitrogens with zero attached hydrogens (tertiary/aromatic N) is 6. The number of halogens is 2. The fourth-order valence-corrected chi connectivity index (χ4v) is 7.74. The van der Waals surface area contributed by atoms with Crippen LogP contribution in [0.5, 0.6) is 5.75 Å².